The third-order valence-electron chi connectivity index (χ3n) is 3.67. The van der Waals surface area contributed by atoms with E-state index in [1.54, 1.807) is 0 Å². The molecule has 0 aromatic heterocycles. The Kier molecular flexibility index (Phi) is 8.02. The van der Waals surface area contributed by atoms with Crippen LogP contribution in [0.25, 0.3) is 0 Å². The fraction of sp³-hybridized carbons (Fsp3) is 0.263. The molecule has 28 heavy (non-hydrogen) atoms. The molecule has 0 spiro atoms. The molecule has 9 heteroatoms. The van der Waals surface area contributed by atoms with Crippen molar-refractivity contribution in [1.29, 1.82) is 0 Å². The van der Waals surface area contributed by atoms with Crippen LogP contribution in [0.5, 0.6) is 5.75 Å². The van der Waals surface area contributed by atoms with Gasteiger partial charge in [-0.05, 0) is 30.7 Å². The third-order valence-corrected chi connectivity index (χ3v) is 4.23. The van der Waals surface area contributed by atoms with E-state index in [0.29, 0.717) is 6.61 Å². The zero-order valence-electron chi connectivity index (χ0n) is 15.0. The summed E-state index contributed by atoms with van der Waals surface area (Å²) in [4.78, 5) is 23.9. The minimum absolute atomic E-state index is 0.172. The van der Waals surface area contributed by atoms with Crippen molar-refractivity contribution in [2.75, 3.05) is 11.9 Å². The summed E-state index contributed by atoms with van der Waals surface area (Å²) in [6.45, 7) is 2.51. The number of nitrogens with one attached hydrogen (secondary N) is 2. The predicted molar refractivity (Wildman–Crippen MR) is 104 cm³/mol. The maximum absolute atomic E-state index is 13.6. The fourth-order valence-electron chi connectivity index (χ4n) is 2.34. The quantitative estimate of drug-likeness (QED) is 0.545. The molecular weight excluding hydrogens is 413 g/mol. The normalized spacial score (nSPS) is 10.5. The minimum atomic E-state index is -1.22. The van der Waals surface area contributed by atoms with E-state index in [-0.39, 0.29) is 21.5 Å². The molecule has 0 aliphatic rings. The Morgan fingerprint density at radius 1 is 1.07 bits per heavy atom. The van der Waals surface area contributed by atoms with Gasteiger partial charge >= 0.3 is 6.03 Å². The molecule has 0 saturated heterocycles. The highest BCUT2D eigenvalue weighted by molar-refractivity contribution is 6.37. The largest absolute Gasteiger partial charge is 0.490 e. The summed E-state index contributed by atoms with van der Waals surface area (Å²) >= 11 is 12.3. The van der Waals surface area contributed by atoms with Crippen molar-refractivity contribution in [3.8, 4) is 5.75 Å². The molecule has 150 valence electrons. The van der Waals surface area contributed by atoms with E-state index in [2.05, 4.69) is 12.2 Å². The Labute approximate surface area is 171 Å². The lowest BCUT2D eigenvalue weighted by Gasteiger charge is -2.13. The number of urea groups is 1. The van der Waals surface area contributed by atoms with Gasteiger partial charge in [-0.3, -0.25) is 10.1 Å². The summed E-state index contributed by atoms with van der Waals surface area (Å²) in [6, 6.07) is 4.70. The Bertz CT molecular complexity index is 835. The second-order valence-electron chi connectivity index (χ2n) is 5.83. The van der Waals surface area contributed by atoms with Crippen LogP contribution in [0.1, 0.15) is 36.5 Å². The van der Waals surface area contributed by atoms with Gasteiger partial charge in [0.05, 0.1) is 16.7 Å². The average molecular weight is 431 g/mol. The summed E-state index contributed by atoms with van der Waals surface area (Å²) < 4.78 is 32.7. The van der Waals surface area contributed by atoms with Crippen LogP contribution in [0.4, 0.5) is 19.3 Å². The van der Waals surface area contributed by atoms with E-state index in [1.165, 1.54) is 12.1 Å². The second-order valence-corrected chi connectivity index (χ2v) is 6.64. The predicted octanol–water partition coefficient (Wildman–Crippen LogP) is 5.80. The number of anilines is 1. The van der Waals surface area contributed by atoms with E-state index < -0.39 is 29.1 Å². The van der Waals surface area contributed by atoms with Gasteiger partial charge in [-0.25, -0.2) is 13.6 Å². The summed E-state index contributed by atoms with van der Waals surface area (Å²) in [6.07, 6.45) is 2.89. The van der Waals surface area contributed by atoms with E-state index in [4.69, 9.17) is 27.9 Å². The Morgan fingerprint density at radius 3 is 2.25 bits per heavy atom. The monoisotopic (exact) mass is 430 g/mol. The van der Waals surface area contributed by atoms with Gasteiger partial charge in [0, 0.05) is 5.69 Å². The van der Waals surface area contributed by atoms with Crippen LogP contribution in [-0.2, 0) is 0 Å². The summed E-state index contributed by atoms with van der Waals surface area (Å²) in [5.41, 5.74) is -0.681. The molecule has 0 saturated carbocycles. The number of halogens is 4. The standard InChI is InChI=1S/C19H18Cl2F2N2O3/c1-2-3-4-8-28-17-12(20)9-11(10-13(17)21)24-19(27)25-18(26)16-14(22)6-5-7-15(16)23/h5-7,9-10H,2-4,8H2,1H3,(H2,24,25,26,27). The van der Waals surface area contributed by atoms with Gasteiger partial charge in [0.1, 0.15) is 17.2 Å². The van der Waals surface area contributed by atoms with Crippen molar-refractivity contribution in [2.24, 2.45) is 0 Å². The maximum atomic E-state index is 13.6. The van der Waals surface area contributed by atoms with Crippen LogP contribution in [0.15, 0.2) is 30.3 Å². The number of rotatable bonds is 7. The van der Waals surface area contributed by atoms with Crippen LogP contribution in [0, 0.1) is 11.6 Å². The average Bonchev–Trinajstić information content (AvgIpc) is 2.60. The molecule has 0 fully saturated rings. The van der Waals surface area contributed by atoms with E-state index in [1.807, 2.05) is 5.32 Å². The van der Waals surface area contributed by atoms with Crippen molar-refractivity contribution in [3.05, 3.63) is 57.6 Å². The molecule has 2 aromatic carbocycles. The first kappa shape index (κ1) is 21.9. The highest BCUT2D eigenvalue weighted by Gasteiger charge is 2.19. The first-order chi connectivity index (χ1) is 13.3. The number of hydrogen-bond acceptors (Lipinski definition) is 3. The molecule has 0 aliphatic carbocycles. The molecule has 0 aliphatic heterocycles. The number of carbonyl (C=O) groups excluding carboxylic acids is 2. The van der Waals surface area contributed by atoms with Gasteiger partial charge in [-0.2, -0.15) is 0 Å². The molecule has 0 unspecified atom stereocenters. The number of carbonyl (C=O) groups is 2. The SMILES string of the molecule is CCCCCOc1c(Cl)cc(NC(=O)NC(=O)c2c(F)cccc2F)cc1Cl. The van der Waals surface area contributed by atoms with Crippen molar-refractivity contribution in [2.45, 2.75) is 26.2 Å². The molecule has 2 aromatic rings. The van der Waals surface area contributed by atoms with Crippen molar-refractivity contribution < 1.29 is 23.1 Å². The van der Waals surface area contributed by atoms with Gasteiger partial charge < -0.3 is 10.1 Å². The molecule has 0 atom stereocenters. The molecule has 0 radical (unpaired) electrons. The van der Waals surface area contributed by atoms with Crippen molar-refractivity contribution in [1.82, 2.24) is 5.32 Å². The summed E-state index contributed by atoms with van der Waals surface area (Å²) in [5.74, 6) is -3.10. The molecule has 3 amide bonds. The maximum Gasteiger partial charge on any atom is 0.326 e. The van der Waals surface area contributed by atoms with Crippen LogP contribution in [0.3, 0.4) is 0 Å². The molecule has 0 heterocycles. The van der Waals surface area contributed by atoms with Gasteiger partial charge in [0.2, 0.25) is 0 Å². The third kappa shape index (κ3) is 5.81. The highest BCUT2D eigenvalue weighted by Crippen LogP contribution is 2.36. The molecule has 0 bridgehead atoms. The van der Waals surface area contributed by atoms with Crippen LogP contribution >= 0.6 is 23.2 Å². The lowest BCUT2D eigenvalue weighted by molar-refractivity contribution is 0.0959. The molecule has 2 rings (SSSR count). The van der Waals surface area contributed by atoms with Gasteiger partial charge in [0.25, 0.3) is 5.91 Å². The molecule has 2 N–H and O–H groups in total. The zero-order valence-corrected chi connectivity index (χ0v) is 16.5. The van der Waals surface area contributed by atoms with E-state index in [0.717, 1.165) is 37.5 Å². The van der Waals surface area contributed by atoms with Crippen LogP contribution < -0.4 is 15.4 Å². The molecular formula is C19H18Cl2F2N2O3. The number of benzene rings is 2. The smallest absolute Gasteiger partial charge is 0.326 e. The first-order valence-corrected chi connectivity index (χ1v) is 9.27. The second kappa shape index (κ2) is 10.2. The van der Waals surface area contributed by atoms with Crippen LogP contribution in [0.2, 0.25) is 10.0 Å². The zero-order chi connectivity index (χ0) is 20.7. The van der Waals surface area contributed by atoms with Crippen molar-refractivity contribution >= 4 is 40.8 Å². The number of unbranched alkanes of at least 4 members (excludes halogenated alkanes) is 2. The Balaban J connectivity index is 2.03. The Hall–Kier alpha value is -2.38. The molecule has 5 nitrogen and oxygen atoms in total. The van der Waals surface area contributed by atoms with Gasteiger partial charge in [-0.1, -0.05) is 49.0 Å². The Morgan fingerprint density at radius 2 is 1.68 bits per heavy atom. The topological polar surface area (TPSA) is 67.4 Å². The number of imide groups is 1. The number of ether oxygens (including phenoxy) is 1. The first-order valence-electron chi connectivity index (χ1n) is 8.51. The van der Waals surface area contributed by atoms with Crippen LogP contribution in [-0.4, -0.2) is 18.5 Å². The number of hydrogen-bond donors (Lipinski definition) is 2. The summed E-state index contributed by atoms with van der Waals surface area (Å²) in [7, 11) is 0. The van der Waals surface area contributed by atoms with E-state index >= 15 is 0 Å². The summed E-state index contributed by atoms with van der Waals surface area (Å²) in [5, 5.41) is 4.51. The van der Waals surface area contributed by atoms with Crippen molar-refractivity contribution in [3.63, 3.8) is 0 Å². The lowest BCUT2D eigenvalue weighted by atomic mass is 10.2. The van der Waals surface area contributed by atoms with Gasteiger partial charge in [0.15, 0.2) is 5.75 Å². The minimum Gasteiger partial charge on any atom is -0.490 e. The lowest BCUT2D eigenvalue weighted by Crippen LogP contribution is -2.35. The van der Waals surface area contributed by atoms with Gasteiger partial charge in [-0.15, -0.1) is 0 Å². The number of amides is 3. The van der Waals surface area contributed by atoms with E-state index in [9.17, 15) is 18.4 Å². The highest BCUT2D eigenvalue weighted by atomic mass is 35.5. The fourth-order valence-corrected chi connectivity index (χ4v) is 2.94.